The number of hydrogen-bond donors (Lipinski definition) is 1. The third-order valence-corrected chi connectivity index (χ3v) is 3.11. The van der Waals surface area contributed by atoms with Gasteiger partial charge in [-0.1, -0.05) is 18.2 Å². The molecule has 1 atom stereocenters. The zero-order chi connectivity index (χ0) is 11.3. The Labute approximate surface area is 89.4 Å². The molecule has 15 heavy (non-hydrogen) atoms. The van der Waals surface area contributed by atoms with Gasteiger partial charge in [0.1, 0.15) is 5.82 Å². The van der Waals surface area contributed by atoms with Crippen molar-refractivity contribution in [3.8, 4) is 0 Å². The minimum atomic E-state index is -1.32. The molecule has 0 radical (unpaired) electrons. The van der Waals surface area contributed by atoms with Gasteiger partial charge in [-0.3, -0.25) is 9.00 Å². The Balaban J connectivity index is 2.52. The molecule has 0 saturated heterocycles. The summed E-state index contributed by atoms with van der Waals surface area (Å²) in [5.74, 6) is -1.26. The normalized spacial score (nSPS) is 12.3. The van der Waals surface area contributed by atoms with Crippen molar-refractivity contribution in [3.05, 3.63) is 35.6 Å². The van der Waals surface area contributed by atoms with Gasteiger partial charge in [-0.05, 0) is 6.07 Å². The van der Waals surface area contributed by atoms with E-state index in [1.54, 1.807) is 18.2 Å². The summed E-state index contributed by atoms with van der Waals surface area (Å²) in [5.41, 5.74) is 0.362. The number of hydrogen-bond acceptors (Lipinski definition) is 2. The van der Waals surface area contributed by atoms with Crippen LogP contribution >= 0.6 is 0 Å². The van der Waals surface area contributed by atoms with Crippen LogP contribution in [0.3, 0.4) is 0 Å². The van der Waals surface area contributed by atoms with Crippen LogP contribution in [0.1, 0.15) is 12.0 Å². The van der Waals surface area contributed by atoms with Gasteiger partial charge in [0.2, 0.25) is 0 Å². The molecule has 0 aliphatic heterocycles. The highest BCUT2D eigenvalue weighted by atomic mass is 32.2. The molecule has 0 spiro atoms. The fraction of sp³-hybridized carbons (Fsp3) is 0.300. The van der Waals surface area contributed by atoms with Gasteiger partial charge < -0.3 is 5.11 Å². The highest BCUT2D eigenvalue weighted by Crippen LogP contribution is 2.09. The van der Waals surface area contributed by atoms with Gasteiger partial charge in [-0.25, -0.2) is 4.39 Å². The van der Waals surface area contributed by atoms with E-state index in [0.717, 1.165) is 0 Å². The molecule has 1 rings (SSSR count). The topological polar surface area (TPSA) is 54.4 Å². The maximum Gasteiger partial charge on any atom is 0.304 e. The van der Waals surface area contributed by atoms with Gasteiger partial charge in [-0.15, -0.1) is 0 Å². The van der Waals surface area contributed by atoms with Crippen molar-refractivity contribution in [1.29, 1.82) is 0 Å². The van der Waals surface area contributed by atoms with Crippen molar-refractivity contribution in [2.45, 2.75) is 12.2 Å². The quantitative estimate of drug-likeness (QED) is 0.835. The molecule has 1 N–H and O–H groups in total. The molecule has 5 heteroatoms. The van der Waals surface area contributed by atoms with Gasteiger partial charge in [0.15, 0.2) is 0 Å². The van der Waals surface area contributed by atoms with Gasteiger partial charge in [0.05, 0.1) is 12.2 Å². The molecule has 0 saturated carbocycles. The largest absolute Gasteiger partial charge is 0.481 e. The van der Waals surface area contributed by atoms with E-state index in [-0.39, 0.29) is 17.9 Å². The summed E-state index contributed by atoms with van der Waals surface area (Å²) < 4.78 is 24.4. The fourth-order valence-corrected chi connectivity index (χ4v) is 2.19. The van der Waals surface area contributed by atoms with Crippen LogP contribution in [0, 0.1) is 5.82 Å². The summed E-state index contributed by atoms with van der Waals surface area (Å²) in [4.78, 5) is 10.2. The molecule has 1 aromatic rings. The smallest absolute Gasteiger partial charge is 0.304 e. The third kappa shape index (κ3) is 4.20. The average molecular weight is 230 g/mol. The van der Waals surface area contributed by atoms with E-state index in [9.17, 15) is 13.4 Å². The number of carboxylic acid groups (broad SMARTS) is 1. The average Bonchev–Trinajstić information content (AvgIpc) is 2.18. The SMILES string of the molecule is O=C(O)CCS(=O)Cc1ccccc1F. The van der Waals surface area contributed by atoms with Crippen molar-refractivity contribution in [2.24, 2.45) is 0 Å². The molecular formula is C10H11FO3S. The van der Waals surface area contributed by atoms with Gasteiger partial charge in [0.25, 0.3) is 0 Å². The van der Waals surface area contributed by atoms with E-state index in [0.29, 0.717) is 5.56 Å². The number of carboxylic acids is 1. The van der Waals surface area contributed by atoms with Gasteiger partial charge in [0, 0.05) is 22.1 Å². The molecule has 0 bridgehead atoms. The van der Waals surface area contributed by atoms with E-state index in [1.807, 2.05) is 0 Å². The zero-order valence-corrected chi connectivity index (χ0v) is 8.80. The van der Waals surface area contributed by atoms with Crippen LogP contribution in [0.15, 0.2) is 24.3 Å². The number of rotatable bonds is 5. The summed E-state index contributed by atoms with van der Waals surface area (Å²) in [6, 6.07) is 6.06. The summed E-state index contributed by atoms with van der Waals surface area (Å²) >= 11 is 0. The second kappa shape index (κ2) is 5.60. The summed E-state index contributed by atoms with van der Waals surface area (Å²) in [6.45, 7) is 0. The van der Waals surface area contributed by atoms with Gasteiger partial charge >= 0.3 is 5.97 Å². The minimum Gasteiger partial charge on any atom is -0.481 e. The first-order valence-electron chi connectivity index (χ1n) is 4.40. The molecule has 0 aliphatic carbocycles. The molecule has 0 fully saturated rings. The number of aliphatic carboxylic acids is 1. The van der Waals surface area contributed by atoms with Crippen molar-refractivity contribution in [1.82, 2.24) is 0 Å². The van der Waals surface area contributed by atoms with Crippen molar-refractivity contribution in [2.75, 3.05) is 5.75 Å². The lowest BCUT2D eigenvalue weighted by Gasteiger charge is -2.02. The lowest BCUT2D eigenvalue weighted by Crippen LogP contribution is -2.07. The lowest BCUT2D eigenvalue weighted by molar-refractivity contribution is -0.136. The first kappa shape index (κ1) is 11.8. The minimum absolute atomic E-state index is 0.0592. The molecule has 82 valence electrons. The molecule has 0 amide bonds. The van der Waals surface area contributed by atoms with Crippen LogP contribution in [0.4, 0.5) is 4.39 Å². The Hall–Kier alpha value is -1.23. The maximum atomic E-state index is 13.1. The standard InChI is InChI=1S/C10H11FO3S/c11-9-4-2-1-3-8(9)7-15(14)6-5-10(12)13/h1-4H,5-7H2,(H,12,13). The van der Waals surface area contributed by atoms with E-state index in [4.69, 9.17) is 5.11 Å². The van der Waals surface area contributed by atoms with Crippen LogP contribution in [0.5, 0.6) is 0 Å². The van der Waals surface area contributed by atoms with Crippen molar-refractivity contribution >= 4 is 16.8 Å². The Morgan fingerprint density at radius 1 is 1.40 bits per heavy atom. The molecule has 3 nitrogen and oxygen atoms in total. The predicted octanol–water partition coefficient (Wildman–Crippen LogP) is 1.55. The van der Waals surface area contributed by atoms with Crippen LogP contribution in [0.25, 0.3) is 0 Å². The zero-order valence-electron chi connectivity index (χ0n) is 7.98. The Morgan fingerprint density at radius 2 is 2.07 bits per heavy atom. The first-order chi connectivity index (χ1) is 7.09. The van der Waals surface area contributed by atoms with E-state index >= 15 is 0 Å². The Morgan fingerprint density at radius 3 is 2.67 bits per heavy atom. The van der Waals surface area contributed by atoms with Crippen molar-refractivity contribution < 1.29 is 18.5 Å². The first-order valence-corrected chi connectivity index (χ1v) is 5.88. The molecular weight excluding hydrogens is 219 g/mol. The molecule has 1 aromatic carbocycles. The van der Waals surface area contributed by atoms with Crippen molar-refractivity contribution in [3.63, 3.8) is 0 Å². The predicted molar refractivity (Wildman–Crippen MR) is 55.4 cm³/mol. The number of halogens is 1. The number of carbonyl (C=O) groups is 1. The summed E-state index contributed by atoms with van der Waals surface area (Å²) in [5, 5.41) is 8.37. The second-order valence-corrected chi connectivity index (χ2v) is 4.60. The van der Waals surface area contributed by atoms with Crippen LogP contribution in [0.2, 0.25) is 0 Å². The summed E-state index contributed by atoms with van der Waals surface area (Å²) in [7, 11) is -1.32. The van der Waals surface area contributed by atoms with Gasteiger partial charge in [-0.2, -0.15) is 0 Å². The molecule has 0 aliphatic rings. The number of benzene rings is 1. The fourth-order valence-electron chi connectivity index (χ4n) is 1.06. The third-order valence-electron chi connectivity index (χ3n) is 1.82. The van der Waals surface area contributed by atoms with E-state index < -0.39 is 22.6 Å². The monoisotopic (exact) mass is 230 g/mol. The Kier molecular flexibility index (Phi) is 4.42. The summed E-state index contributed by atoms with van der Waals surface area (Å²) in [6.07, 6.45) is -0.152. The van der Waals surface area contributed by atoms with Crippen LogP contribution in [-0.2, 0) is 21.3 Å². The highest BCUT2D eigenvalue weighted by Gasteiger charge is 2.07. The van der Waals surface area contributed by atoms with E-state index in [2.05, 4.69) is 0 Å². The lowest BCUT2D eigenvalue weighted by atomic mass is 10.2. The maximum absolute atomic E-state index is 13.1. The van der Waals surface area contributed by atoms with Crippen LogP contribution in [-0.4, -0.2) is 21.0 Å². The Bertz CT molecular complexity index is 379. The van der Waals surface area contributed by atoms with Crippen LogP contribution < -0.4 is 0 Å². The molecule has 0 heterocycles. The molecule has 1 unspecified atom stereocenters. The van der Waals surface area contributed by atoms with E-state index in [1.165, 1.54) is 6.07 Å². The second-order valence-electron chi connectivity index (χ2n) is 3.02. The molecule has 0 aromatic heterocycles. The highest BCUT2D eigenvalue weighted by molar-refractivity contribution is 7.84.